The predicted molar refractivity (Wildman–Crippen MR) is 59.7 cm³/mol. The van der Waals surface area contributed by atoms with E-state index in [0.29, 0.717) is 12.5 Å². The summed E-state index contributed by atoms with van der Waals surface area (Å²) in [5.74, 6) is 0.747. The Morgan fingerprint density at radius 3 is 2.73 bits per heavy atom. The summed E-state index contributed by atoms with van der Waals surface area (Å²) < 4.78 is 5.10. The van der Waals surface area contributed by atoms with Crippen molar-refractivity contribution in [2.75, 3.05) is 39.9 Å². The Bertz CT molecular complexity index is 191. The highest BCUT2D eigenvalue weighted by atomic mass is 16.5. The Labute approximate surface area is 92.0 Å². The van der Waals surface area contributed by atoms with Gasteiger partial charge < -0.3 is 15.0 Å². The number of rotatable bonds is 5. The van der Waals surface area contributed by atoms with Crippen molar-refractivity contribution in [3.63, 3.8) is 0 Å². The lowest BCUT2D eigenvalue weighted by Gasteiger charge is -2.27. The van der Waals surface area contributed by atoms with Crippen molar-refractivity contribution in [3.05, 3.63) is 0 Å². The van der Waals surface area contributed by atoms with Gasteiger partial charge in [-0.3, -0.25) is 4.79 Å². The highest BCUT2D eigenvalue weighted by molar-refractivity contribution is 5.77. The van der Waals surface area contributed by atoms with E-state index in [1.54, 1.807) is 4.90 Å². The van der Waals surface area contributed by atoms with E-state index in [2.05, 4.69) is 5.32 Å². The molecule has 0 aromatic rings. The van der Waals surface area contributed by atoms with Gasteiger partial charge in [0.05, 0.1) is 0 Å². The third-order valence-corrected chi connectivity index (χ3v) is 2.85. The van der Waals surface area contributed by atoms with E-state index in [-0.39, 0.29) is 12.5 Å². The number of hydrogen-bond acceptors (Lipinski definition) is 3. The summed E-state index contributed by atoms with van der Waals surface area (Å²) >= 11 is 0. The fourth-order valence-electron chi connectivity index (χ4n) is 1.85. The number of ether oxygens (including phenoxy) is 1. The smallest absolute Gasteiger partial charge is 0.248 e. The molecule has 88 valence electrons. The van der Waals surface area contributed by atoms with Crippen molar-refractivity contribution in [2.45, 2.75) is 19.8 Å². The minimum atomic E-state index is 0.0929. The Morgan fingerprint density at radius 2 is 2.13 bits per heavy atom. The summed E-state index contributed by atoms with van der Waals surface area (Å²) in [6, 6.07) is 0. The van der Waals surface area contributed by atoms with Crippen LogP contribution in [-0.4, -0.2) is 50.7 Å². The van der Waals surface area contributed by atoms with Gasteiger partial charge >= 0.3 is 0 Å². The standard InChI is InChI=1S/C11H22N2O2/c1-3-15-9-11(14)13(2)8-10-4-6-12-7-5-10/h10,12H,3-9H2,1-2H3. The van der Waals surface area contributed by atoms with E-state index in [1.165, 1.54) is 12.8 Å². The van der Waals surface area contributed by atoms with Gasteiger partial charge in [0.2, 0.25) is 5.91 Å². The molecule has 0 saturated carbocycles. The first-order valence-corrected chi connectivity index (χ1v) is 5.76. The van der Waals surface area contributed by atoms with Crippen LogP contribution in [0.3, 0.4) is 0 Å². The SMILES string of the molecule is CCOCC(=O)N(C)CC1CCNCC1. The largest absolute Gasteiger partial charge is 0.372 e. The average molecular weight is 214 g/mol. The van der Waals surface area contributed by atoms with Crippen molar-refractivity contribution in [1.29, 1.82) is 0 Å². The summed E-state index contributed by atoms with van der Waals surface area (Å²) in [5, 5.41) is 3.32. The van der Waals surface area contributed by atoms with Crippen molar-refractivity contribution in [3.8, 4) is 0 Å². The molecular weight excluding hydrogens is 192 g/mol. The van der Waals surface area contributed by atoms with Crippen LogP contribution in [0.2, 0.25) is 0 Å². The molecule has 0 bridgehead atoms. The molecule has 1 heterocycles. The lowest BCUT2D eigenvalue weighted by Crippen LogP contribution is -2.38. The van der Waals surface area contributed by atoms with Crippen molar-refractivity contribution >= 4 is 5.91 Å². The minimum absolute atomic E-state index is 0.0929. The molecule has 1 rings (SSSR count). The van der Waals surface area contributed by atoms with E-state index in [9.17, 15) is 4.79 Å². The summed E-state index contributed by atoms with van der Waals surface area (Å²) in [6.07, 6.45) is 2.35. The molecule has 0 aromatic carbocycles. The molecule has 0 unspecified atom stereocenters. The minimum Gasteiger partial charge on any atom is -0.372 e. The van der Waals surface area contributed by atoms with Gasteiger partial charge in [-0.25, -0.2) is 0 Å². The Morgan fingerprint density at radius 1 is 1.47 bits per heavy atom. The molecule has 0 atom stereocenters. The van der Waals surface area contributed by atoms with Crippen LogP contribution < -0.4 is 5.32 Å². The van der Waals surface area contributed by atoms with Crippen LogP contribution in [0.4, 0.5) is 0 Å². The molecule has 0 aliphatic carbocycles. The molecule has 1 amide bonds. The molecule has 15 heavy (non-hydrogen) atoms. The van der Waals surface area contributed by atoms with Crippen LogP contribution in [-0.2, 0) is 9.53 Å². The molecular formula is C11H22N2O2. The van der Waals surface area contributed by atoms with Crippen LogP contribution in [0.25, 0.3) is 0 Å². The van der Waals surface area contributed by atoms with Crippen LogP contribution in [0, 0.1) is 5.92 Å². The van der Waals surface area contributed by atoms with Crippen molar-refractivity contribution < 1.29 is 9.53 Å². The molecule has 1 aliphatic heterocycles. The topological polar surface area (TPSA) is 41.6 Å². The normalized spacial score (nSPS) is 17.7. The van der Waals surface area contributed by atoms with Gasteiger partial charge in [0.1, 0.15) is 6.61 Å². The van der Waals surface area contributed by atoms with Crippen LogP contribution in [0.1, 0.15) is 19.8 Å². The number of piperidine rings is 1. The highest BCUT2D eigenvalue weighted by Gasteiger charge is 2.17. The zero-order valence-corrected chi connectivity index (χ0v) is 9.79. The number of carbonyl (C=O) groups excluding carboxylic acids is 1. The third kappa shape index (κ3) is 4.62. The highest BCUT2D eigenvalue weighted by Crippen LogP contribution is 2.12. The summed E-state index contributed by atoms with van der Waals surface area (Å²) in [4.78, 5) is 13.4. The molecule has 0 radical (unpaired) electrons. The molecule has 4 nitrogen and oxygen atoms in total. The Hall–Kier alpha value is -0.610. The maximum atomic E-state index is 11.6. The number of nitrogens with zero attached hydrogens (tertiary/aromatic N) is 1. The van der Waals surface area contributed by atoms with E-state index < -0.39 is 0 Å². The van der Waals surface area contributed by atoms with Gasteiger partial charge in [0, 0.05) is 20.2 Å². The van der Waals surface area contributed by atoms with Gasteiger partial charge in [0.25, 0.3) is 0 Å². The summed E-state index contributed by atoms with van der Waals surface area (Å²) in [6.45, 7) is 5.76. The molecule has 1 N–H and O–H groups in total. The number of carbonyl (C=O) groups is 1. The Kier molecular flexibility index (Phi) is 5.65. The van der Waals surface area contributed by atoms with Crippen molar-refractivity contribution in [1.82, 2.24) is 10.2 Å². The molecule has 0 aromatic heterocycles. The third-order valence-electron chi connectivity index (χ3n) is 2.85. The quantitative estimate of drug-likeness (QED) is 0.724. The zero-order chi connectivity index (χ0) is 11.1. The van der Waals surface area contributed by atoms with Crippen LogP contribution >= 0.6 is 0 Å². The summed E-state index contributed by atoms with van der Waals surface area (Å²) in [7, 11) is 1.86. The second-order valence-electron chi connectivity index (χ2n) is 4.10. The Balaban J connectivity index is 2.20. The number of amides is 1. The fourth-order valence-corrected chi connectivity index (χ4v) is 1.85. The maximum Gasteiger partial charge on any atom is 0.248 e. The van der Waals surface area contributed by atoms with Gasteiger partial charge in [-0.15, -0.1) is 0 Å². The average Bonchev–Trinajstić information content (AvgIpc) is 2.27. The predicted octanol–water partition coefficient (Wildman–Crippen LogP) is 0.481. The van der Waals surface area contributed by atoms with Gasteiger partial charge in [-0.05, 0) is 38.8 Å². The van der Waals surface area contributed by atoms with Crippen LogP contribution in [0.5, 0.6) is 0 Å². The molecule has 1 fully saturated rings. The first kappa shape index (κ1) is 12.5. The lowest BCUT2D eigenvalue weighted by atomic mass is 9.98. The van der Waals surface area contributed by atoms with Gasteiger partial charge in [-0.1, -0.05) is 0 Å². The molecule has 0 spiro atoms. The van der Waals surface area contributed by atoms with Crippen molar-refractivity contribution in [2.24, 2.45) is 5.92 Å². The number of nitrogens with one attached hydrogen (secondary N) is 1. The first-order chi connectivity index (χ1) is 7.24. The second kappa shape index (κ2) is 6.80. The summed E-state index contributed by atoms with van der Waals surface area (Å²) in [5.41, 5.74) is 0. The van der Waals surface area contributed by atoms with E-state index >= 15 is 0 Å². The van der Waals surface area contributed by atoms with E-state index in [4.69, 9.17) is 4.74 Å². The van der Waals surface area contributed by atoms with Gasteiger partial charge in [0.15, 0.2) is 0 Å². The maximum absolute atomic E-state index is 11.6. The molecule has 1 aliphatic rings. The second-order valence-corrected chi connectivity index (χ2v) is 4.10. The van der Waals surface area contributed by atoms with E-state index in [1.807, 2.05) is 14.0 Å². The number of likely N-dealkylation sites (N-methyl/N-ethyl adjacent to an activating group) is 1. The first-order valence-electron chi connectivity index (χ1n) is 5.76. The lowest BCUT2D eigenvalue weighted by molar-refractivity contribution is -0.135. The van der Waals surface area contributed by atoms with E-state index in [0.717, 1.165) is 19.6 Å². The van der Waals surface area contributed by atoms with Gasteiger partial charge in [-0.2, -0.15) is 0 Å². The molecule has 1 saturated heterocycles. The monoisotopic (exact) mass is 214 g/mol. The van der Waals surface area contributed by atoms with Crippen LogP contribution in [0.15, 0.2) is 0 Å². The number of hydrogen-bond donors (Lipinski definition) is 1. The zero-order valence-electron chi connectivity index (χ0n) is 9.79. The molecule has 4 heteroatoms. The fraction of sp³-hybridized carbons (Fsp3) is 0.909.